The van der Waals surface area contributed by atoms with Gasteiger partial charge in [0, 0.05) is 11.0 Å². The van der Waals surface area contributed by atoms with E-state index in [0.717, 1.165) is 40.3 Å². The minimum absolute atomic E-state index is 0.250. The van der Waals surface area contributed by atoms with Crippen molar-refractivity contribution in [1.29, 1.82) is 0 Å². The topological polar surface area (TPSA) is 60.0 Å². The SMILES string of the molecule is COc1ccc(CCNC[C@H](O)COc2cccc(Br)c2)cc1OC. The molecule has 0 spiro atoms. The number of ether oxygens (including phenoxy) is 3. The second-order valence-corrected chi connectivity index (χ2v) is 6.48. The third-order valence-electron chi connectivity index (χ3n) is 3.66. The van der Waals surface area contributed by atoms with Crippen molar-refractivity contribution >= 4 is 15.9 Å². The van der Waals surface area contributed by atoms with E-state index in [1.54, 1.807) is 14.2 Å². The molecule has 0 aliphatic heterocycles. The van der Waals surface area contributed by atoms with E-state index in [1.807, 2.05) is 42.5 Å². The average Bonchev–Trinajstić information content (AvgIpc) is 2.63. The van der Waals surface area contributed by atoms with Crippen molar-refractivity contribution in [3.63, 3.8) is 0 Å². The lowest BCUT2D eigenvalue weighted by molar-refractivity contribution is 0.106. The maximum atomic E-state index is 9.99. The second-order valence-electron chi connectivity index (χ2n) is 5.57. The highest BCUT2D eigenvalue weighted by molar-refractivity contribution is 9.10. The average molecular weight is 410 g/mol. The van der Waals surface area contributed by atoms with E-state index >= 15 is 0 Å². The van der Waals surface area contributed by atoms with E-state index < -0.39 is 6.10 Å². The Kier molecular flexibility index (Phi) is 8.04. The lowest BCUT2D eigenvalue weighted by atomic mass is 10.1. The van der Waals surface area contributed by atoms with Gasteiger partial charge in [0.25, 0.3) is 0 Å². The van der Waals surface area contributed by atoms with Crippen LogP contribution in [0.2, 0.25) is 0 Å². The van der Waals surface area contributed by atoms with Crippen molar-refractivity contribution in [1.82, 2.24) is 5.32 Å². The summed E-state index contributed by atoms with van der Waals surface area (Å²) in [5.74, 6) is 2.18. The number of nitrogens with one attached hydrogen (secondary N) is 1. The molecule has 0 aliphatic carbocycles. The first-order valence-corrected chi connectivity index (χ1v) is 8.89. The van der Waals surface area contributed by atoms with Crippen molar-refractivity contribution in [2.75, 3.05) is 33.9 Å². The summed E-state index contributed by atoms with van der Waals surface area (Å²) in [6.45, 7) is 1.48. The fourth-order valence-corrected chi connectivity index (χ4v) is 2.72. The molecular formula is C19H24BrNO4. The monoisotopic (exact) mass is 409 g/mol. The molecular weight excluding hydrogens is 386 g/mol. The number of benzene rings is 2. The first-order valence-electron chi connectivity index (χ1n) is 8.10. The zero-order chi connectivity index (χ0) is 18.1. The van der Waals surface area contributed by atoms with Gasteiger partial charge in [0.1, 0.15) is 18.5 Å². The second kappa shape index (κ2) is 10.3. The molecule has 2 rings (SSSR count). The molecule has 0 unspecified atom stereocenters. The molecule has 2 N–H and O–H groups in total. The molecule has 136 valence electrons. The molecule has 6 heteroatoms. The van der Waals surface area contributed by atoms with E-state index in [1.165, 1.54) is 0 Å². The molecule has 0 radical (unpaired) electrons. The fourth-order valence-electron chi connectivity index (χ4n) is 2.35. The van der Waals surface area contributed by atoms with Gasteiger partial charge in [-0.25, -0.2) is 0 Å². The summed E-state index contributed by atoms with van der Waals surface area (Å²) < 4.78 is 17.0. The Bertz CT molecular complexity index is 666. The van der Waals surface area contributed by atoms with Crippen LogP contribution in [0, 0.1) is 0 Å². The number of rotatable bonds is 10. The Morgan fingerprint density at radius 1 is 1.08 bits per heavy atom. The van der Waals surface area contributed by atoms with E-state index in [9.17, 15) is 5.11 Å². The molecule has 0 aromatic heterocycles. The zero-order valence-corrected chi connectivity index (χ0v) is 16.1. The largest absolute Gasteiger partial charge is 0.493 e. The summed E-state index contributed by atoms with van der Waals surface area (Å²) in [5, 5.41) is 13.2. The van der Waals surface area contributed by atoms with Crippen LogP contribution in [0.1, 0.15) is 5.56 Å². The van der Waals surface area contributed by atoms with Crippen LogP contribution in [0.15, 0.2) is 46.9 Å². The van der Waals surface area contributed by atoms with Gasteiger partial charge in [-0.1, -0.05) is 28.1 Å². The van der Waals surface area contributed by atoms with Crippen LogP contribution < -0.4 is 19.5 Å². The highest BCUT2D eigenvalue weighted by Gasteiger charge is 2.07. The Morgan fingerprint density at radius 3 is 2.60 bits per heavy atom. The van der Waals surface area contributed by atoms with Crippen molar-refractivity contribution in [3.8, 4) is 17.2 Å². The summed E-state index contributed by atoms with van der Waals surface area (Å²) in [5.41, 5.74) is 1.14. The lowest BCUT2D eigenvalue weighted by Crippen LogP contribution is -2.32. The molecule has 0 saturated carbocycles. The molecule has 0 amide bonds. The number of aliphatic hydroxyl groups excluding tert-OH is 1. The van der Waals surface area contributed by atoms with Gasteiger partial charge in [-0.3, -0.25) is 0 Å². The Labute approximate surface area is 157 Å². The highest BCUT2D eigenvalue weighted by Crippen LogP contribution is 2.27. The third-order valence-corrected chi connectivity index (χ3v) is 4.15. The van der Waals surface area contributed by atoms with Crippen molar-refractivity contribution in [2.45, 2.75) is 12.5 Å². The molecule has 2 aromatic rings. The van der Waals surface area contributed by atoms with Gasteiger partial charge in [-0.15, -0.1) is 0 Å². The van der Waals surface area contributed by atoms with Crippen molar-refractivity contribution < 1.29 is 19.3 Å². The van der Waals surface area contributed by atoms with Crippen LogP contribution in [0.3, 0.4) is 0 Å². The standard InChI is InChI=1S/C19H24BrNO4/c1-23-18-7-6-14(10-19(18)24-2)8-9-21-12-16(22)13-25-17-5-3-4-15(20)11-17/h3-7,10-11,16,21-22H,8-9,12-13H2,1-2H3/t16-/m0/s1. The maximum Gasteiger partial charge on any atom is 0.160 e. The first kappa shape index (κ1) is 19.6. The van der Waals surface area contributed by atoms with Crippen LogP contribution in [-0.2, 0) is 6.42 Å². The molecule has 0 fully saturated rings. The van der Waals surface area contributed by atoms with Crippen LogP contribution >= 0.6 is 15.9 Å². The molecule has 0 saturated heterocycles. The lowest BCUT2D eigenvalue weighted by Gasteiger charge is -2.14. The van der Waals surface area contributed by atoms with Gasteiger partial charge in [0.05, 0.1) is 14.2 Å². The fraction of sp³-hybridized carbons (Fsp3) is 0.368. The summed E-state index contributed by atoms with van der Waals surface area (Å²) in [6, 6.07) is 13.4. The minimum atomic E-state index is -0.565. The zero-order valence-electron chi connectivity index (χ0n) is 14.5. The van der Waals surface area contributed by atoms with Gasteiger partial charge >= 0.3 is 0 Å². The van der Waals surface area contributed by atoms with Crippen LogP contribution in [-0.4, -0.2) is 45.1 Å². The predicted molar refractivity (Wildman–Crippen MR) is 102 cm³/mol. The van der Waals surface area contributed by atoms with Gasteiger partial charge in [-0.2, -0.15) is 0 Å². The number of hydrogen-bond donors (Lipinski definition) is 2. The highest BCUT2D eigenvalue weighted by atomic mass is 79.9. The summed E-state index contributed by atoms with van der Waals surface area (Å²) in [4.78, 5) is 0. The minimum Gasteiger partial charge on any atom is -0.493 e. The van der Waals surface area contributed by atoms with Crippen molar-refractivity contribution in [2.24, 2.45) is 0 Å². The number of halogens is 1. The maximum absolute atomic E-state index is 9.99. The summed E-state index contributed by atoms with van der Waals surface area (Å²) in [6.07, 6.45) is 0.268. The summed E-state index contributed by atoms with van der Waals surface area (Å²) in [7, 11) is 3.25. The Hall–Kier alpha value is -1.76. The quantitative estimate of drug-likeness (QED) is 0.590. The van der Waals surface area contributed by atoms with Gasteiger partial charge < -0.3 is 24.6 Å². The number of hydrogen-bond acceptors (Lipinski definition) is 5. The molecule has 0 bridgehead atoms. The van der Waals surface area contributed by atoms with E-state index in [-0.39, 0.29) is 6.61 Å². The molecule has 5 nitrogen and oxygen atoms in total. The third kappa shape index (κ3) is 6.57. The first-order chi connectivity index (χ1) is 12.1. The van der Waals surface area contributed by atoms with E-state index in [4.69, 9.17) is 14.2 Å². The Balaban J connectivity index is 1.68. The predicted octanol–water partition coefficient (Wildman–Crippen LogP) is 3.04. The van der Waals surface area contributed by atoms with Gasteiger partial charge in [-0.05, 0) is 48.9 Å². The summed E-state index contributed by atoms with van der Waals surface area (Å²) >= 11 is 3.39. The van der Waals surface area contributed by atoms with Crippen molar-refractivity contribution in [3.05, 3.63) is 52.5 Å². The van der Waals surface area contributed by atoms with Crippen LogP contribution in [0.25, 0.3) is 0 Å². The van der Waals surface area contributed by atoms with Gasteiger partial charge in [0.2, 0.25) is 0 Å². The number of aliphatic hydroxyl groups is 1. The van der Waals surface area contributed by atoms with E-state index in [0.29, 0.717) is 6.54 Å². The Morgan fingerprint density at radius 2 is 1.88 bits per heavy atom. The number of methoxy groups -OCH3 is 2. The molecule has 1 atom stereocenters. The smallest absolute Gasteiger partial charge is 0.160 e. The molecule has 25 heavy (non-hydrogen) atoms. The molecule has 0 heterocycles. The van der Waals surface area contributed by atoms with Gasteiger partial charge in [0.15, 0.2) is 11.5 Å². The molecule has 2 aromatic carbocycles. The normalized spacial score (nSPS) is 11.8. The van der Waals surface area contributed by atoms with E-state index in [2.05, 4.69) is 21.2 Å². The van der Waals surface area contributed by atoms with Crippen LogP contribution in [0.4, 0.5) is 0 Å². The van der Waals surface area contributed by atoms with Crippen LogP contribution in [0.5, 0.6) is 17.2 Å². The molecule has 0 aliphatic rings.